The van der Waals surface area contributed by atoms with Crippen LogP contribution in [0.15, 0.2) is 96.7 Å². The lowest BCUT2D eigenvalue weighted by molar-refractivity contribution is 0.825. The monoisotopic (exact) mass is 324 g/mol. The lowest BCUT2D eigenvalue weighted by Crippen LogP contribution is -1.89. The maximum atomic E-state index is 3.77. The third-order valence-corrected chi connectivity index (χ3v) is 4.30. The van der Waals surface area contributed by atoms with Crippen molar-refractivity contribution < 1.29 is 0 Å². The van der Waals surface area contributed by atoms with E-state index in [0.29, 0.717) is 0 Å². The molecule has 0 saturated carbocycles. The quantitative estimate of drug-likeness (QED) is 0.429. The molecule has 3 aromatic carbocycles. The topological polar surface area (TPSA) is 0 Å². The van der Waals surface area contributed by atoms with E-state index in [-0.39, 0.29) is 0 Å². The zero-order valence-corrected chi connectivity index (χ0v) is 14.8. The highest BCUT2D eigenvalue weighted by Gasteiger charge is 2.06. The van der Waals surface area contributed by atoms with Gasteiger partial charge < -0.3 is 0 Å². The average molecular weight is 324 g/mol. The van der Waals surface area contributed by atoms with Crippen molar-refractivity contribution in [3.8, 4) is 0 Å². The van der Waals surface area contributed by atoms with Crippen molar-refractivity contribution in [3.05, 3.63) is 113 Å². The van der Waals surface area contributed by atoms with E-state index < -0.39 is 0 Å². The molecule has 0 amide bonds. The summed E-state index contributed by atoms with van der Waals surface area (Å²) < 4.78 is 0. The number of hydrogen-bond donors (Lipinski definition) is 0. The molecule has 3 rings (SSSR count). The van der Waals surface area contributed by atoms with E-state index in [9.17, 15) is 0 Å². The minimum atomic E-state index is 1.05. The predicted molar refractivity (Wildman–Crippen MR) is 108 cm³/mol. The van der Waals surface area contributed by atoms with Crippen LogP contribution in [0, 0.1) is 0 Å². The second-order valence-corrected chi connectivity index (χ2v) is 6.18. The Labute approximate surface area is 151 Å². The van der Waals surface area contributed by atoms with E-state index in [4.69, 9.17) is 0 Å². The van der Waals surface area contributed by atoms with Gasteiger partial charge >= 0.3 is 0 Å². The van der Waals surface area contributed by atoms with Gasteiger partial charge in [-0.15, -0.1) is 5.73 Å². The molecule has 0 heteroatoms. The third kappa shape index (κ3) is 4.59. The molecule has 0 radical (unpaired) electrons. The molecule has 3 aromatic rings. The maximum absolute atomic E-state index is 3.77. The Morgan fingerprint density at radius 3 is 1.52 bits per heavy atom. The van der Waals surface area contributed by atoms with E-state index in [0.717, 1.165) is 12.0 Å². The van der Waals surface area contributed by atoms with Crippen LogP contribution in [0.2, 0.25) is 0 Å². The Kier molecular flexibility index (Phi) is 6.04. The van der Waals surface area contributed by atoms with Crippen LogP contribution in [0.4, 0.5) is 0 Å². The number of unbranched alkanes of at least 4 members (excludes halogenated alkanes) is 1. The summed E-state index contributed by atoms with van der Waals surface area (Å²) in [7, 11) is 0. The molecule has 0 nitrogen and oxygen atoms in total. The van der Waals surface area contributed by atoms with Gasteiger partial charge in [-0.3, -0.25) is 0 Å². The molecule has 0 atom stereocenters. The van der Waals surface area contributed by atoms with Crippen LogP contribution in [0.5, 0.6) is 0 Å². The van der Waals surface area contributed by atoms with Crippen molar-refractivity contribution in [2.75, 3.05) is 0 Å². The fourth-order valence-corrected chi connectivity index (χ4v) is 2.94. The molecule has 0 heterocycles. The molecule has 25 heavy (non-hydrogen) atoms. The summed E-state index contributed by atoms with van der Waals surface area (Å²) in [5, 5.41) is 0. The summed E-state index contributed by atoms with van der Waals surface area (Å²) in [6, 6.07) is 31.8. The normalized spacial score (nSPS) is 10.1. The molecule has 0 bridgehead atoms. The first-order chi connectivity index (χ1) is 12.4. The van der Waals surface area contributed by atoms with Crippen molar-refractivity contribution in [3.63, 3.8) is 0 Å². The van der Waals surface area contributed by atoms with Gasteiger partial charge in [0.2, 0.25) is 0 Å². The summed E-state index contributed by atoms with van der Waals surface area (Å²) in [6.45, 7) is 2.24. The maximum Gasteiger partial charge on any atom is 0.0312 e. The van der Waals surface area contributed by atoms with Gasteiger partial charge in [-0.05, 0) is 29.5 Å². The molecule has 0 spiro atoms. The molecule has 0 aliphatic carbocycles. The molecular formula is C25H24. The summed E-state index contributed by atoms with van der Waals surface area (Å²) in [4.78, 5) is 0. The summed E-state index contributed by atoms with van der Waals surface area (Å²) in [5.41, 5.74) is 9.90. The average Bonchev–Trinajstić information content (AvgIpc) is 2.70. The minimum absolute atomic E-state index is 1.05. The van der Waals surface area contributed by atoms with E-state index >= 15 is 0 Å². The minimum Gasteiger partial charge on any atom is -0.108 e. The van der Waals surface area contributed by atoms with Crippen LogP contribution >= 0.6 is 0 Å². The Balaban J connectivity index is 2.21. The van der Waals surface area contributed by atoms with E-state index in [1.54, 1.807) is 0 Å². The van der Waals surface area contributed by atoms with Crippen LogP contribution in [0.25, 0.3) is 11.1 Å². The highest BCUT2D eigenvalue weighted by Crippen LogP contribution is 2.26. The lowest BCUT2D eigenvalue weighted by Gasteiger charge is -2.09. The van der Waals surface area contributed by atoms with Crippen molar-refractivity contribution >= 4 is 11.1 Å². The third-order valence-electron chi connectivity index (χ3n) is 4.30. The van der Waals surface area contributed by atoms with Crippen LogP contribution in [0.1, 0.15) is 42.9 Å². The molecule has 0 aliphatic rings. The van der Waals surface area contributed by atoms with Crippen molar-refractivity contribution in [2.45, 2.75) is 26.2 Å². The molecular weight excluding hydrogens is 300 g/mol. The first-order valence-corrected chi connectivity index (χ1v) is 9.04. The standard InChI is InChI=1S/C25H24/c1-2-3-13-24(21-14-7-4-8-15-21)20-25(22-16-9-5-10-17-22)23-18-11-6-12-19-23/h4-12,14-19H,2-3,13H2,1H3. The Hall–Kier alpha value is -2.82. The van der Waals surface area contributed by atoms with Gasteiger partial charge in [0.25, 0.3) is 0 Å². The van der Waals surface area contributed by atoms with Crippen molar-refractivity contribution in [2.24, 2.45) is 0 Å². The zero-order valence-electron chi connectivity index (χ0n) is 14.8. The van der Waals surface area contributed by atoms with Crippen LogP contribution in [0.3, 0.4) is 0 Å². The Bertz CT molecular complexity index is 795. The number of hydrogen-bond acceptors (Lipinski definition) is 0. The summed E-state index contributed by atoms with van der Waals surface area (Å²) >= 11 is 0. The smallest absolute Gasteiger partial charge is 0.0312 e. The largest absolute Gasteiger partial charge is 0.108 e. The van der Waals surface area contributed by atoms with Crippen molar-refractivity contribution in [1.29, 1.82) is 0 Å². The van der Waals surface area contributed by atoms with E-state index in [2.05, 4.69) is 104 Å². The van der Waals surface area contributed by atoms with Gasteiger partial charge in [0.15, 0.2) is 0 Å². The summed E-state index contributed by atoms with van der Waals surface area (Å²) in [6.07, 6.45) is 3.40. The fourth-order valence-electron chi connectivity index (χ4n) is 2.94. The number of benzene rings is 3. The van der Waals surface area contributed by atoms with Crippen LogP contribution < -0.4 is 0 Å². The highest BCUT2D eigenvalue weighted by molar-refractivity contribution is 5.84. The van der Waals surface area contributed by atoms with Crippen LogP contribution in [-0.4, -0.2) is 0 Å². The van der Waals surface area contributed by atoms with E-state index in [1.165, 1.54) is 35.1 Å². The van der Waals surface area contributed by atoms with Gasteiger partial charge in [0, 0.05) is 11.1 Å². The Morgan fingerprint density at radius 2 is 1.08 bits per heavy atom. The van der Waals surface area contributed by atoms with Gasteiger partial charge in [0.05, 0.1) is 0 Å². The molecule has 0 fully saturated rings. The first kappa shape index (κ1) is 17.0. The molecule has 0 saturated heterocycles. The second kappa shape index (κ2) is 8.87. The van der Waals surface area contributed by atoms with Crippen molar-refractivity contribution in [1.82, 2.24) is 0 Å². The second-order valence-electron chi connectivity index (χ2n) is 6.18. The molecule has 0 aromatic heterocycles. The number of rotatable bonds is 6. The number of allylic oxidation sites excluding steroid dienone is 1. The Morgan fingerprint density at radius 1 is 0.640 bits per heavy atom. The van der Waals surface area contributed by atoms with Gasteiger partial charge in [0.1, 0.15) is 0 Å². The van der Waals surface area contributed by atoms with E-state index in [1.807, 2.05) is 0 Å². The molecule has 124 valence electrons. The van der Waals surface area contributed by atoms with Gasteiger partial charge in [-0.1, -0.05) is 104 Å². The van der Waals surface area contributed by atoms with Gasteiger partial charge in [-0.25, -0.2) is 0 Å². The first-order valence-electron chi connectivity index (χ1n) is 9.04. The molecule has 0 aliphatic heterocycles. The SMILES string of the molecule is CCCCC(=C=C(c1ccccc1)c1ccccc1)c1ccccc1. The van der Waals surface area contributed by atoms with Gasteiger partial charge in [-0.2, -0.15) is 0 Å². The lowest BCUT2D eigenvalue weighted by atomic mass is 9.94. The van der Waals surface area contributed by atoms with Crippen LogP contribution in [-0.2, 0) is 0 Å². The molecule has 0 unspecified atom stereocenters. The fraction of sp³-hybridized carbons (Fsp3) is 0.160. The summed E-state index contributed by atoms with van der Waals surface area (Å²) in [5.74, 6) is 0. The highest BCUT2D eigenvalue weighted by atomic mass is 14.1. The predicted octanol–water partition coefficient (Wildman–Crippen LogP) is 6.99. The molecule has 0 N–H and O–H groups in total. The zero-order chi connectivity index (χ0) is 17.3.